The van der Waals surface area contributed by atoms with Gasteiger partial charge in [-0.05, 0) is 48.9 Å². The van der Waals surface area contributed by atoms with E-state index in [0.29, 0.717) is 21.3 Å². The van der Waals surface area contributed by atoms with E-state index >= 15 is 0 Å². The van der Waals surface area contributed by atoms with Gasteiger partial charge >= 0.3 is 0 Å². The lowest BCUT2D eigenvalue weighted by Crippen LogP contribution is -2.41. The molecule has 3 aromatic carbocycles. The highest BCUT2D eigenvalue weighted by atomic mass is 35.5. The lowest BCUT2D eigenvalue weighted by Gasteiger charge is -2.23. The number of amides is 1. The molecule has 1 amide bonds. The van der Waals surface area contributed by atoms with Crippen LogP contribution in [0, 0.1) is 6.92 Å². The molecule has 4 nitrogen and oxygen atoms in total. The maximum Gasteiger partial charge on any atom is 0.264 e. The molecule has 1 N–H and O–H groups in total. The minimum Gasteiger partial charge on any atom is -0.375 e. The molecule has 158 valence electrons. The average molecular weight is 475 g/mol. The first-order valence-electron chi connectivity index (χ1n) is 9.57. The normalized spacial score (nSPS) is 17.7. The number of carbonyl (C=O) groups excluding carboxylic acids is 2. The number of nitrogens with zero attached hydrogens (tertiary/aromatic N) is 1. The highest BCUT2D eigenvalue weighted by Gasteiger charge is 2.51. The van der Waals surface area contributed by atoms with E-state index < -0.39 is 23.7 Å². The number of fused-ring (bicyclic) bond motifs is 1. The van der Waals surface area contributed by atoms with Gasteiger partial charge in [0.25, 0.3) is 5.91 Å². The molecule has 0 fully saturated rings. The van der Waals surface area contributed by atoms with Crippen LogP contribution in [0.15, 0.2) is 60.7 Å². The molecule has 1 heterocycles. The Morgan fingerprint density at radius 3 is 2.29 bits per heavy atom. The SMILES string of the molecule is Cc1ccc(CN2C(=O)C(O)(CC(=O)c3ccc(Cl)cc3Cl)c3cc(Cl)ccc32)cc1. The Balaban J connectivity index is 1.71. The Kier molecular flexibility index (Phi) is 5.84. The molecule has 4 rings (SSSR count). The molecule has 1 atom stereocenters. The number of halogens is 3. The molecule has 1 aliphatic rings. The number of hydrogen-bond donors (Lipinski definition) is 1. The highest BCUT2D eigenvalue weighted by Crippen LogP contribution is 2.45. The third-order valence-corrected chi connectivity index (χ3v) is 6.19. The van der Waals surface area contributed by atoms with Crippen molar-refractivity contribution < 1.29 is 14.7 Å². The van der Waals surface area contributed by atoms with Crippen LogP contribution >= 0.6 is 34.8 Å². The van der Waals surface area contributed by atoms with E-state index in [1.165, 1.54) is 29.2 Å². The quantitative estimate of drug-likeness (QED) is 0.464. The van der Waals surface area contributed by atoms with Gasteiger partial charge in [-0.15, -0.1) is 0 Å². The van der Waals surface area contributed by atoms with Crippen LogP contribution in [0.2, 0.25) is 15.1 Å². The summed E-state index contributed by atoms with van der Waals surface area (Å²) in [7, 11) is 0. The lowest BCUT2D eigenvalue weighted by molar-refractivity contribution is -0.136. The number of carbonyl (C=O) groups is 2. The predicted molar refractivity (Wildman–Crippen MR) is 123 cm³/mol. The van der Waals surface area contributed by atoms with Crippen LogP contribution in [0.25, 0.3) is 0 Å². The molecule has 3 aromatic rings. The monoisotopic (exact) mass is 473 g/mol. The van der Waals surface area contributed by atoms with Crippen molar-refractivity contribution in [1.82, 2.24) is 0 Å². The van der Waals surface area contributed by atoms with Crippen molar-refractivity contribution in [2.45, 2.75) is 25.5 Å². The fraction of sp³-hybridized carbons (Fsp3) is 0.167. The Morgan fingerprint density at radius 2 is 1.61 bits per heavy atom. The summed E-state index contributed by atoms with van der Waals surface area (Å²) in [6.45, 7) is 2.24. The number of ketones is 1. The maximum atomic E-state index is 13.4. The highest BCUT2D eigenvalue weighted by molar-refractivity contribution is 6.37. The summed E-state index contributed by atoms with van der Waals surface area (Å²) in [5.41, 5.74) is 0.961. The van der Waals surface area contributed by atoms with Gasteiger partial charge in [-0.1, -0.05) is 64.6 Å². The number of rotatable bonds is 5. The van der Waals surface area contributed by atoms with Gasteiger partial charge in [-0.3, -0.25) is 9.59 Å². The van der Waals surface area contributed by atoms with Gasteiger partial charge in [0.1, 0.15) is 0 Å². The summed E-state index contributed by atoms with van der Waals surface area (Å²) in [4.78, 5) is 27.9. The van der Waals surface area contributed by atoms with E-state index in [4.69, 9.17) is 34.8 Å². The zero-order valence-electron chi connectivity index (χ0n) is 16.5. The minimum absolute atomic E-state index is 0.161. The number of aliphatic hydroxyl groups is 1. The summed E-state index contributed by atoms with van der Waals surface area (Å²) in [5.74, 6) is -1.05. The Bertz CT molecular complexity index is 1190. The zero-order chi connectivity index (χ0) is 22.3. The van der Waals surface area contributed by atoms with Crippen molar-refractivity contribution in [2.75, 3.05) is 4.90 Å². The first kappa shape index (κ1) is 21.8. The predicted octanol–water partition coefficient (Wildman–Crippen LogP) is 5.96. The molecule has 0 radical (unpaired) electrons. The minimum atomic E-state index is -2.05. The van der Waals surface area contributed by atoms with Crippen LogP contribution in [-0.2, 0) is 16.9 Å². The van der Waals surface area contributed by atoms with Crippen molar-refractivity contribution >= 4 is 52.2 Å². The second kappa shape index (κ2) is 8.29. The third-order valence-electron chi connectivity index (χ3n) is 5.40. The summed E-state index contributed by atoms with van der Waals surface area (Å²) < 4.78 is 0. The van der Waals surface area contributed by atoms with Crippen LogP contribution < -0.4 is 4.90 Å². The van der Waals surface area contributed by atoms with Crippen molar-refractivity contribution in [3.8, 4) is 0 Å². The van der Waals surface area contributed by atoms with E-state index in [-0.39, 0.29) is 17.1 Å². The molecule has 0 bridgehead atoms. The third kappa shape index (κ3) is 4.09. The smallest absolute Gasteiger partial charge is 0.264 e. The molecule has 1 unspecified atom stereocenters. The number of anilines is 1. The summed E-state index contributed by atoms with van der Waals surface area (Å²) in [5, 5.41) is 12.4. The zero-order valence-corrected chi connectivity index (χ0v) is 18.8. The van der Waals surface area contributed by atoms with Crippen LogP contribution in [0.4, 0.5) is 5.69 Å². The molecule has 7 heteroatoms. The van der Waals surface area contributed by atoms with Crippen LogP contribution in [0.3, 0.4) is 0 Å². The summed E-state index contributed by atoms with van der Waals surface area (Å²) >= 11 is 18.2. The first-order chi connectivity index (χ1) is 14.7. The van der Waals surface area contributed by atoms with Gasteiger partial charge in [0.2, 0.25) is 0 Å². The number of hydrogen-bond acceptors (Lipinski definition) is 3. The molecule has 1 aliphatic heterocycles. The number of benzene rings is 3. The Hall–Kier alpha value is -2.37. The van der Waals surface area contributed by atoms with Crippen molar-refractivity contribution in [1.29, 1.82) is 0 Å². The molecular weight excluding hydrogens is 457 g/mol. The van der Waals surface area contributed by atoms with Crippen molar-refractivity contribution in [3.05, 3.63) is 98.0 Å². The second-order valence-electron chi connectivity index (χ2n) is 7.62. The van der Waals surface area contributed by atoms with Crippen molar-refractivity contribution in [3.63, 3.8) is 0 Å². The largest absolute Gasteiger partial charge is 0.375 e. The average Bonchev–Trinajstić information content (AvgIpc) is 2.91. The van der Waals surface area contributed by atoms with E-state index in [1.54, 1.807) is 12.1 Å². The fourth-order valence-electron chi connectivity index (χ4n) is 3.77. The molecular formula is C24H18Cl3NO3. The molecule has 0 spiro atoms. The lowest BCUT2D eigenvalue weighted by atomic mass is 9.88. The maximum absolute atomic E-state index is 13.4. The van der Waals surface area contributed by atoms with Gasteiger partial charge in [0, 0.05) is 21.2 Å². The van der Waals surface area contributed by atoms with E-state index in [9.17, 15) is 14.7 Å². The van der Waals surface area contributed by atoms with E-state index in [2.05, 4.69) is 0 Å². The second-order valence-corrected chi connectivity index (χ2v) is 8.90. The molecule has 0 aliphatic carbocycles. The van der Waals surface area contributed by atoms with E-state index in [0.717, 1.165) is 11.1 Å². The van der Waals surface area contributed by atoms with Crippen LogP contribution in [0.1, 0.15) is 33.5 Å². The molecule has 31 heavy (non-hydrogen) atoms. The molecule has 0 saturated heterocycles. The standard InChI is InChI=1S/C24H18Cl3NO3/c1-14-2-4-15(5-3-14)13-28-21-9-7-16(25)10-19(21)24(31,23(28)30)12-22(29)18-8-6-17(26)11-20(18)27/h2-11,31H,12-13H2,1H3. The Morgan fingerprint density at radius 1 is 0.968 bits per heavy atom. The molecule has 0 saturated carbocycles. The van der Waals surface area contributed by atoms with E-state index in [1.807, 2.05) is 31.2 Å². The van der Waals surface area contributed by atoms with Crippen LogP contribution in [0.5, 0.6) is 0 Å². The number of aryl methyl sites for hydroxylation is 1. The first-order valence-corrected chi connectivity index (χ1v) is 10.7. The van der Waals surface area contributed by atoms with Gasteiger partial charge in [0.15, 0.2) is 11.4 Å². The topological polar surface area (TPSA) is 57.6 Å². The fourth-order valence-corrected chi connectivity index (χ4v) is 4.46. The van der Waals surface area contributed by atoms with Gasteiger partial charge in [-0.2, -0.15) is 0 Å². The Labute approximate surface area is 195 Å². The van der Waals surface area contributed by atoms with Gasteiger partial charge in [0.05, 0.1) is 23.7 Å². The summed E-state index contributed by atoms with van der Waals surface area (Å²) in [6, 6.07) is 17.1. The summed E-state index contributed by atoms with van der Waals surface area (Å²) in [6.07, 6.45) is -0.467. The van der Waals surface area contributed by atoms with Gasteiger partial charge < -0.3 is 10.0 Å². The molecule has 0 aromatic heterocycles. The van der Waals surface area contributed by atoms with Crippen molar-refractivity contribution in [2.24, 2.45) is 0 Å². The number of Topliss-reactive ketones (excluding diaryl/α,β-unsaturated/α-hetero) is 1. The van der Waals surface area contributed by atoms with Crippen LogP contribution in [-0.4, -0.2) is 16.8 Å². The van der Waals surface area contributed by atoms with Gasteiger partial charge in [-0.25, -0.2) is 0 Å².